The number of nitrogens with one attached hydrogen (secondary N) is 1. The first-order valence-corrected chi connectivity index (χ1v) is 5.64. The average Bonchev–Trinajstić information content (AvgIpc) is 2.28. The molecule has 18 heavy (non-hydrogen) atoms. The number of hydrogen-bond acceptors (Lipinski definition) is 3. The predicted octanol–water partition coefficient (Wildman–Crippen LogP) is 1.11. The number of carboxylic acids is 1. The van der Waals surface area contributed by atoms with Crippen molar-refractivity contribution in [2.45, 2.75) is 26.9 Å². The normalized spacial score (nSPS) is 12.0. The van der Waals surface area contributed by atoms with Crippen LogP contribution in [-0.4, -0.2) is 34.7 Å². The van der Waals surface area contributed by atoms with E-state index in [1.54, 1.807) is 32.9 Å². The SMILES string of the molecule is Cc1ccc(C)c(C(=O)NC[C@@H](C)O)c1C(=O)O. The summed E-state index contributed by atoms with van der Waals surface area (Å²) < 4.78 is 0. The van der Waals surface area contributed by atoms with Crippen LogP contribution in [-0.2, 0) is 0 Å². The van der Waals surface area contributed by atoms with E-state index in [-0.39, 0.29) is 17.7 Å². The Morgan fingerprint density at radius 1 is 1.22 bits per heavy atom. The molecule has 0 radical (unpaired) electrons. The van der Waals surface area contributed by atoms with E-state index in [2.05, 4.69) is 5.32 Å². The maximum Gasteiger partial charge on any atom is 0.336 e. The van der Waals surface area contributed by atoms with Crippen LogP contribution in [0.5, 0.6) is 0 Å². The summed E-state index contributed by atoms with van der Waals surface area (Å²) in [5.41, 5.74) is 1.30. The second-order valence-electron chi connectivity index (χ2n) is 4.31. The standard InChI is InChI=1S/C13H17NO4/c1-7-4-5-8(2)11(13(17)18)10(7)12(16)14-6-9(3)15/h4-5,9,15H,6H2,1-3H3,(H,14,16)(H,17,18)/t9-/m1/s1. The van der Waals surface area contributed by atoms with Crippen LogP contribution in [0.25, 0.3) is 0 Å². The molecule has 1 amide bonds. The molecular weight excluding hydrogens is 234 g/mol. The van der Waals surface area contributed by atoms with Crippen LogP contribution in [0.3, 0.4) is 0 Å². The first kappa shape index (κ1) is 14.2. The monoisotopic (exact) mass is 251 g/mol. The summed E-state index contributed by atoms with van der Waals surface area (Å²) in [6.07, 6.45) is -0.674. The quantitative estimate of drug-likeness (QED) is 0.748. The summed E-state index contributed by atoms with van der Waals surface area (Å²) in [6.45, 7) is 4.96. The molecule has 98 valence electrons. The summed E-state index contributed by atoms with van der Waals surface area (Å²) in [7, 11) is 0. The number of carbonyl (C=O) groups excluding carboxylic acids is 1. The molecule has 0 saturated heterocycles. The number of benzene rings is 1. The minimum Gasteiger partial charge on any atom is -0.478 e. The van der Waals surface area contributed by atoms with E-state index in [1.165, 1.54) is 0 Å². The van der Waals surface area contributed by atoms with Crippen molar-refractivity contribution in [3.63, 3.8) is 0 Å². The van der Waals surface area contributed by atoms with Gasteiger partial charge in [0.15, 0.2) is 0 Å². The Labute approximate surface area is 105 Å². The lowest BCUT2D eigenvalue weighted by Gasteiger charge is -2.13. The lowest BCUT2D eigenvalue weighted by Crippen LogP contribution is -2.32. The lowest BCUT2D eigenvalue weighted by atomic mass is 9.96. The fraction of sp³-hybridized carbons (Fsp3) is 0.385. The summed E-state index contributed by atoms with van der Waals surface area (Å²) in [5, 5.41) is 20.8. The van der Waals surface area contributed by atoms with Gasteiger partial charge in [-0.05, 0) is 31.9 Å². The minimum atomic E-state index is -1.13. The van der Waals surface area contributed by atoms with Crippen LogP contribution in [0.15, 0.2) is 12.1 Å². The number of aliphatic hydroxyl groups excluding tert-OH is 1. The summed E-state index contributed by atoms with van der Waals surface area (Å²) >= 11 is 0. The van der Waals surface area contributed by atoms with Crippen LogP contribution < -0.4 is 5.32 Å². The van der Waals surface area contributed by atoms with Gasteiger partial charge in [-0.2, -0.15) is 0 Å². The van der Waals surface area contributed by atoms with Gasteiger partial charge in [0.05, 0.1) is 17.2 Å². The van der Waals surface area contributed by atoms with Crippen molar-refractivity contribution < 1.29 is 19.8 Å². The highest BCUT2D eigenvalue weighted by Crippen LogP contribution is 2.18. The fourth-order valence-electron chi connectivity index (χ4n) is 1.71. The number of aliphatic hydroxyl groups is 1. The predicted molar refractivity (Wildman–Crippen MR) is 66.9 cm³/mol. The molecule has 3 N–H and O–H groups in total. The van der Waals surface area contributed by atoms with Crippen LogP contribution >= 0.6 is 0 Å². The van der Waals surface area contributed by atoms with Gasteiger partial charge in [0.2, 0.25) is 0 Å². The second-order valence-corrected chi connectivity index (χ2v) is 4.31. The third-order valence-corrected chi connectivity index (χ3v) is 2.62. The molecule has 1 aromatic carbocycles. The molecule has 0 saturated carbocycles. The average molecular weight is 251 g/mol. The number of amides is 1. The molecule has 1 aromatic rings. The highest BCUT2D eigenvalue weighted by Gasteiger charge is 2.21. The molecule has 0 aliphatic carbocycles. The first-order valence-electron chi connectivity index (χ1n) is 5.64. The van der Waals surface area contributed by atoms with E-state index in [1.807, 2.05) is 0 Å². The van der Waals surface area contributed by atoms with Gasteiger partial charge in [0, 0.05) is 6.54 Å². The number of carboxylic acid groups (broad SMARTS) is 1. The molecule has 0 unspecified atom stereocenters. The largest absolute Gasteiger partial charge is 0.478 e. The zero-order valence-electron chi connectivity index (χ0n) is 10.7. The smallest absolute Gasteiger partial charge is 0.336 e. The van der Waals surface area contributed by atoms with Crippen molar-refractivity contribution in [3.05, 3.63) is 34.4 Å². The third-order valence-electron chi connectivity index (χ3n) is 2.62. The van der Waals surface area contributed by atoms with Gasteiger partial charge >= 0.3 is 5.97 Å². The van der Waals surface area contributed by atoms with Crippen molar-refractivity contribution >= 4 is 11.9 Å². The Morgan fingerprint density at radius 2 is 1.72 bits per heavy atom. The van der Waals surface area contributed by atoms with Gasteiger partial charge in [-0.1, -0.05) is 12.1 Å². The van der Waals surface area contributed by atoms with Gasteiger partial charge < -0.3 is 15.5 Å². The van der Waals surface area contributed by atoms with E-state index in [9.17, 15) is 9.59 Å². The molecule has 0 aromatic heterocycles. The number of carbonyl (C=O) groups is 2. The zero-order chi connectivity index (χ0) is 13.9. The van der Waals surface area contributed by atoms with Gasteiger partial charge in [-0.25, -0.2) is 4.79 Å². The van der Waals surface area contributed by atoms with Gasteiger partial charge in [-0.3, -0.25) is 4.79 Å². The highest BCUT2D eigenvalue weighted by molar-refractivity contribution is 6.06. The van der Waals surface area contributed by atoms with E-state index < -0.39 is 18.0 Å². The van der Waals surface area contributed by atoms with Gasteiger partial charge in [0.25, 0.3) is 5.91 Å². The number of rotatable bonds is 4. The highest BCUT2D eigenvalue weighted by atomic mass is 16.4. The number of aryl methyl sites for hydroxylation is 2. The Balaban J connectivity index is 3.18. The Bertz CT molecular complexity index is 480. The molecule has 0 spiro atoms. The Hall–Kier alpha value is -1.88. The Morgan fingerprint density at radius 3 is 2.17 bits per heavy atom. The second kappa shape index (κ2) is 5.64. The van der Waals surface area contributed by atoms with E-state index in [0.717, 1.165) is 0 Å². The molecule has 5 nitrogen and oxygen atoms in total. The van der Waals surface area contributed by atoms with Crippen molar-refractivity contribution in [1.82, 2.24) is 5.32 Å². The molecule has 0 fully saturated rings. The van der Waals surface area contributed by atoms with E-state index in [0.29, 0.717) is 11.1 Å². The fourth-order valence-corrected chi connectivity index (χ4v) is 1.71. The molecule has 0 bridgehead atoms. The van der Waals surface area contributed by atoms with Crippen molar-refractivity contribution in [2.75, 3.05) is 6.54 Å². The van der Waals surface area contributed by atoms with E-state index in [4.69, 9.17) is 10.2 Å². The van der Waals surface area contributed by atoms with Crippen LogP contribution in [0.1, 0.15) is 38.8 Å². The summed E-state index contributed by atoms with van der Waals surface area (Å²) in [4.78, 5) is 23.2. The lowest BCUT2D eigenvalue weighted by molar-refractivity contribution is 0.0689. The maximum atomic E-state index is 12.0. The number of hydrogen-bond donors (Lipinski definition) is 3. The Kier molecular flexibility index (Phi) is 4.44. The van der Waals surface area contributed by atoms with Gasteiger partial charge in [-0.15, -0.1) is 0 Å². The third kappa shape index (κ3) is 3.07. The molecular formula is C13H17NO4. The van der Waals surface area contributed by atoms with E-state index >= 15 is 0 Å². The first-order chi connectivity index (χ1) is 8.34. The van der Waals surface area contributed by atoms with Crippen LogP contribution in [0.2, 0.25) is 0 Å². The molecule has 0 aliphatic heterocycles. The van der Waals surface area contributed by atoms with Crippen molar-refractivity contribution in [1.29, 1.82) is 0 Å². The number of aromatic carboxylic acids is 1. The van der Waals surface area contributed by atoms with Crippen LogP contribution in [0, 0.1) is 13.8 Å². The van der Waals surface area contributed by atoms with Gasteiger partial charge in [0.1, 0.15) is 0 Å². The van der Waals surface area contributed by atoms with Crippen molar-refractivity contribution in [3.8, 4) is 0 Å². The maximum absolute atomic E-state index is 12.0. The molecule has 0 heterocycles. The van der Waals surface area contributed by atoms with Crippen molar-refractivity contribution in [2.24, 2.45) is 0 Å². The molecule has 0 aliphatic rings. The molecule has 5 heteroatoms. The topological polar surface area (TPSA) is 86.6 Å². The molecule has 1 atom stereocenters. The minimum absolute atomic E-state index is 0.0121. The summed E-state index contributed by atoms with van der Waals surface area (Å²) in [5.74, 6) is -1.60. The zero-order valence-corrected chi connectivity index (χ0v) is 10.7. The van der Waals surface area contributed by atoms with Crippen LogP contribution in [0.4, 0.5) is 0 Å². The molecule has 1 rings (SSSR count). The summed E-state index contributed by atoms with van der Waals surface area (Å²) in [6, 6.07) is 3.38.